The van der Waals surface area contributed by atoms with Crippen LogP contribution in [0, 0.1) is 5.41 Å². The van der Waals surface area contributed by atoms with Crippen molar-refractivity contribution in [1.82, 2.24) is 0 Å². The van der Waals surface area contributed by atoms with E-state index in [1.54, 1.807) is 13.8 Å². The van der Waals surface area contributed by atoms with Gasteiger partial charge in [-0.25, -0.2) is 0 Å². The molecule has 0 radical (unpaired) electrons. The van der Waals surface area contributed by atoms with Crippen molar-refractivity contribution in [3.63, 3.8) is 0 Å². The Kier molecular flexibility index (Phi) is 14.4. The van der Waals surface area contributed by atoms with Gasteiger partial charge in [0.05, 0.1) is 6.61 Å². The zero-order valence-electron chi connectivity index (χ0n) is 16.0. The first-order valence-corrected chi connectivity index (χ1v) is 10.3. The smallest absolute Gasteiger partial charge is 0.320 e. The first-order chi connectivity index (χ1) is 11.5. The molecule has 0 fully saturated rings. The molecule has 0 spiro atoms. The van der Waals surface area contributed by atoms with Crippen molar-refractivity contribution in [2.45, 2.75) is 104 Å². The first-order valence-electron chi connectivity index (χ1n) is 9.92. The maximum Gasteiger partial charge on any atom is 0.320 e. The van der Waals surface area contributed by atoms with E-state index in [4.69, 9.17) is 16.3 Å². The lowest BCUT2D eigenvalue weighted by molar-refractivity contribution is -0.159. The van der Waals surface area contributed by atoms with Gasteiger partial charge in [0, 0.05) is 0 Å². The molecule has 4 heteroatoms. The molecule has 0 aromatic carbocycles. The fraction of sp³-hybridized carbons (Fsp3) is 0.900. The molecule has 0 bridgehead atoms. The molecule has 0 unspecified atom stereocenters. The molecule has 0 saturated heterocycles. The predicted octanol–water partition coefficient (Wildman–Crippen LogP) is 6.41. The van der Waals surface area contributed by atoms with Gasteiger partial charge in [-0.1, -0.05) is 85.0 Å². The van der Waals surface area contributed by atoms with E-state index in [0.717, 1.165) is 12.8 Å². The summed E-state index contributed by atoms with van der Waals surface area (Å²) in [5.74, 6) is -0.459. The molecular formula is C20H37ClO3. The molecule has 0 saturated carbocycles. The van der Waals surface area contributed by atoms with E-state index in [0.29, 0.717) is 19.4 Å². The molecule has 0 aliphatic rings. The SMILES string of the molecule is CCCCCCCCCCCCCOC(=O)C(CC)(CC)C(=O)Cl. The third-order valence-electron chi connectivity index (χ3n) is 4.96. The van der Waals surface area contributed by atoms with Crippen LogP contribution in [0.2, 0.25) is 0 Å². The lowest BCUT2D eigenvalue weighted by Crippen LogP contribution is -2.37. The summed E-state index contributed by atoms with van der Waals surface area (Å²) < 4.78 is 5.29. The fourth-order valence-corrected chi connectivity index (χ4v) is 3.31. The number of hydrogen-bond acceptors (Lipinski definition) is 3. The monoisotopic (exact) mass is 360 g/mol. The summed E-state index contributed by atoms with van der Waals surface area (Å²) in [7, 11) is 0. The Hall–Kier alpha value is -0.570. The number of carbonyl (C=O) groups is 2. The summed E-state index contributed by atoms with van der Waals surface area (Å²) in [4.78, 5) is 23.7. The number of esters is 1. The van der Waals surface area contributed by atoms with E-state index in [1.807, 2.05) is 0 Å². The molecule has 3 nitrogen and oxygen atoms in total. The van der Waals surface area contributed by atoms with Gasteiger partial charge in [0.15, 0.2) is 0 Å². The number of carbonyl (C=O) groups excluding carboxylic acids is 2. The summed E-state index contributed by atoms with van der Waals surface area (Å²) >= 11 is 5.61. The topological polar surface area (TPSA) is 43.4 Å². The lowest BCUT2D eigenvalue weighted by Gasteiger charge is -2.24. The van der Waals surface area contributed by atoms with E-state index < -0.39 is 16.6 Å². The van der Waals surface area contributed by atoms with Crippen molar-refractivity contribution in [2.24, 2.45) is 5.41 Å². The average Bonchev–Trinajstić information content (AvgIpc) is 2.57. The summed E-state index contributed by atoms with van der Waals surface area (Å²) in [6.45, 7) is 6.23. The second-order valence-electron chi connectivity index (χ2n) is 6.73. The summed E-state index contributed by atoms with van der Waals surface area (Å²) in [6, 6.07) is 0. The highest BCUT2D eigenvalue weighted by Crippen LogP contribution is 2.31. The molecule has 0 aliphatic heterocycles. The molecule has 0 aliphatic carbocycles. The number of rotatable bonds is 16. The normalized spacial score (nSPS) is 11.5. The Bertz CT molecular complexity index is 338. The van der Waals surface area contributed by atoms with E-state index in [-0.39, 0.29) is 0 Å². The Balaban J connectivity index is 3.62. The summed E-state index contributed by atoms with van der Waals surface area (Å²) in [5.41, 5.74) is -1.15. The van der Waals surface area contributed by atoms with Crippen LogP contribution >= 0.6 is 11.6 Å². The van der Waals surface area contributed by atoms with E-state index >= 15 is 0 Å². The minimum atomic E-state index is -1.15. The minimum absolute atomic E-state index is 0.391. The molecule has 24 heavy (non-hydrogen) atoms. The van der Waals surface area contributed by atoms with Crippen LogP contribution in [0.15, 0.2) is 0 Å². The van der Waals surface area contributed by atoms with Gasteiger partial charge in [-0.15, -0.1) is 0 Å². The van der Waals surface area contributed by atoms with Gasteiger partial charge >= 0.3 is 5.97 Å². The third-order valence-corrected chi connectivity index (χ3v) is 5.32. The molecule has 0 aromatic rings. The van der Waals surface area contributed by atoms with Gasteiger partial charge in [-0.2, -0.15) is 0 Å². The van der Waals surface area contributed by atoms with E-state index in [1.165, 1.54) is 57.8 Å². The molecule has 0 atom stereocenters. The van der Waals surface area contributed by atoms with Gasteiger partial charge in [-0.3, -0.25) is 9.59 Å². The van der Waals surface area contributed by atoms with Gasteiger partial charge in [-0.05, 0) is 30.9 Å². The van der Waals surface area contributed by atoms with Crippen LogP contribution in [0.1, 0.15) is 104 Å². The second kappa shape index (κ2) is 14.7. The molecule has 0 heterocycles. The van der Waals surface area contributed by atoms with Crippen molar-refractivity contribution in [3.05, 3.63) is 0 Å². The summed E-state index contributed by atoms with van der Waals surface area (Å²) in [6.07, 6.45) is 14.6. The highest BCUT2D eigenvalue weighted by molar-refractivity contribution is 6.66. The highest BCUT2D eigenvalue weighted by atomic mass is 35.5. The largest absolute Gasteiger partial charge is 0.465 e. The number of ether oxygens (including phenoxy) is 1. The van der Waals surface area contributed by atoms with Gasteiger partial charge in [0.1, 0.15) is 5.41 Å². The Morgan fingerprint density at radius 1 is 0.750 bits per heavy atom. The van der Waals surface area contributed by atoms with Crippen LogP contribution in [-0.2, 0) is 14.3 Å². The maximum absolute atomic E-state index is 12.1. The molecule has 142 valence electrons. The van der Waals surface area contributed by atoms with Crippen molar-refractivity contribution in [2.75, 3.05) is 6.61 Å². The average molecular weight is 361 g/mol. The Labute approximate surface area is 153 Å². The molecule has 0 aromatic heterocycles. The molecular weight excluding hydrogens is 324 g/mol. The minimum Gasteiger partial charge on any atom is -0.465 e. The summed E-state index contributed by atoms with van der Waals surface area (Å²) in [5, 5.41) is -0.601. The van der Waals surface area contributed by atoms with Crippen LogP contribution in [0.5, 0.6) is 0 Å². The van der Waals surface area contributed by atoms with Crippen molar-refractivity contribution in [3.8, 4) is 0 Å². The molecule has 0 amide bonds. The number of unbranched alkanes of at least 4 members (excludes halogenated alkanes) is 10. The van der Waals surface area contributed by atoms with E-state index in [9.17, 15) is 9.59 Å². The van der Waals surface area contributed by atoms with Crippen LogP contribution in [0.4, 0.5) is 0 Å². The second-order valence-corrected chi connectivity index (χ2v) is 7.08. The van der Waals surface area contributed by atoms with Crippen LogP contribution in [0.3, 0.4) is 0 Å². The van der Waals surface area contributed by atoms with Crippen molar-refractivity contribution in [1.29, 1.82) is 0 Å². The standard InChI is InChI=1S/C20H37ClO3/c1-4-7-8-9-10-11-12-13-14-15-16-17-24-19(23)20(5-2,6-3)18(21)22/h4-17H2,1-3H3. The number of halogens is 1. The zero-order valence-corrected chi connectivity index (χ0v) is 16.8. The van der Waals surface area contributed by atoms with E-state index in [2.05, 4.69) is 6.92 Å². The predicted molar refractivity (Wildman–Crippen MR) is 101 cm³/mol. The van der Waals surface area contributed by atoms with Crippen LogP contribution < -0.4 is 0 Å². The van der Waals surface area contributed by atoms with Crippen LogP contribution in [0.25, 0.3) is 0 Å². The third kappa shape index (κ3) is 9.05. The highest BCUT2D eigenvalue weighted by Gasteiger charge is 2.43. The fourth-order valence-electron chi connectivity index (χ4n) is 2.97. The van der Waals surface area contributed by atoms with Gasteiger partial charge in [0.25, 0.3) is 0 Å². The Morgan fingerprint density at radius 2 is 1.17 bits per heavy atom. The maximum atomic E-state index is 12.1. The number of hydrogen-bond donors (Lipinski definition) is 0. The Morgan fingerprint density at radius 3 is 1.54 bits per heavy atom. The van der Waals surface area contributed by atoms with Crippen molar-refractivity contribution < 1.29 is 14.3 Å². The van der Waals surface area contributed by atoms with Gasteiger partial charge < -0.3 is 4.74 Å². The molecule has 0 N–H and O–H groups in total. The zero-order chi connectivity index (χ0) is 18.3. The lowest BCUT2D eigenvalue weighted by atomic mass is 9.84. The van der Waals surface area contributed by atoms with Crippen molar-refractivity contribution >= 4 is 22.8 Å². The first kappa shape index (κ1) is 23.4. The molecule has 0 rings (SSSR count). The van der Waals surface area contributed by atoms with Crippen LogP contribution in [-0.4, -0.2) is 17.8 Å². The quantitative estimate of drug-likeness (QED) is 0.138. The van der Waals surface area contributed by atoms with Gasteiger partial charge in [0.2, 0.25) is 5.24 Å².